The number of rotatable bonds is 10. The summed E-state index contributed by atoms with van der Waals surface area (Å²) in [5.74, 6) is -2.46. The zero-order valence-corrected chi connectivity index (χ0v) is 22.6. The van der Waals surface area contributed by atoms with Crippen LogP contribution in [0.15, 0.2) is 60.7 Å². The predicted octanol–water partition coefficient (Wildman–Crippen LogP) is 3.86. The molecule has 2 bridgehead atoms. The SMILES string of the molecule is COc1cccc(C(=O)Oc2ccc(C(=O)COC(=O)C(CC(C)C)N3C(=O)C4C5C=CC(C5)C4C3=O)cc2)c1. The first kappa shape index (κ1) is 27.3. The van der Waals surface area contributed by atoms with E-state index < -0.39 is 42.2 Å². The van der Waals surface area contributed by atoms with Crippen LogP contribution in [0.3, 0.4) is 0 Å². The van der Waals surface area contributed by atoms with Gasteiger partial charge in [0.05, 0.1) is 24.5 Å². The second-order valence-corrected chi connectivity index (χ2v) is 10.9. The monoisotopic (exact) mass is 545 g/mol. The number of hydrogen-bond acceptors (Lipinski definition) is 8. The summed E-state index contributed by atoms with van der Waals surface area (Å²) in [5.41, 5.74) is 0.560. The molecule has 5 rings (SSSR count). The van der Waals surface area contributed by atoms with Gasteiger partial charge in [0.2, 0.25) is 11.8 Å². The predicted molar refractivity (Wildman–Crippen MR) is 142 cm³/mol. The number of Topliss-reactive ketones (excluding diaryl/α,β-unsaturated/α-hetero) is 1. The van der Waals surface area contributed by atoms with E-state index in [1.807, 2.05) is 26.0 Å². The lowest BCUT2D eigenvalue weighted by Gasteiger charge is -2.27. The second kappa shape index (κ2) is 11.1. The van der Waals surface area contributed by atoms with Gasteiger partial charge in [-0.3, -0.25) is 19.3 Å². The summed E-state index contributed by atoms with van der Waals surface area (Å²) < 4.78 is 15.8. The van der Waals surface area contributed by atoms with Gasteiger partial charge in [0.15, 0.2) is 12.4 Å². The van der Waals surface area contributed by atoms with E-state index in [0.29, 0.717) is 11.3 Å². The fourth-order valence-electron chi connectivity index (χ4n) is 5.93. The first-order valence-electron chi connectivity index (χ1n) is 13.4. The highest BCUT2D eigenvalue weighted by Gasteiger charge is 2.61. The molecule has 9 nitrogen and oxygen atoms in total. The van der Waals surface area contributed by atoms with Crippen molar-refractivity contribution in [3.05, 3.63) is 71.8 Å². The van der Waals surface area contributed by atoms with E-state index >= 15 is 0 Å². The molecule has 2 amide bonds. The lowest BCUT2D eigenvalue weighted by Crippen LogP contribution is -2.48. The van der Waals surface area contributed by atoms with Crippen LogP contribution in [-0.2, 0) is 19.1 Å². The molecule has 1 heterocycles. The van der Waals surface area contributed by atoms with E-state index in [2.05, 4.69) is 0 Å². The van der Waals surface area contributed by atoms with Gasteiger partial charge in [-0.15, -0.1) is 0 Å². The Hall–Kier alpha value is -4.27. The molecule has 2 fully saturated rings. The maximum Gasteiger partial charge on any atom is 0.343 e. The van der Waals surface area contributed by atoms with Gasteiger partial charge in [-0.1, -0.05) is 32.1 Å². The van der Waals surface area contributed by atoms with E-state index in [9.17, 15) is 24.0 Å². The van der Waals surface area contributed by atoms with Gasteiger partial charge < -0.3 is 14.2 Å². The minimum Gasteiger partial charge on any atom is -0.497 e. The fraction of sp³-hybridized carbons (Fsp3) is 0.387. The summed E-state index contributed by atoms with van der Waals surface area (Å²) in [6.45, 7) is 3.24. The third-order valence-corrected chi connectivity index (χ3v) is 7.82. The van der Waals surface area contributed by atoms with Crippen molar-refractivity contribution in [3.63, 3.8) is 0 Å². The number of carbonyl (C=O) groups is 5. The number of ether oxygens (including phenoxy) is 3. The molecule has 0 aromatic heterocycles. The van der Waals surface area contributed by atoms with Gasteiger partial charge in [-0.2, -0.15) is 0 Å². The molecule has 2 aromatic carbocycles. The molecule has 208 valence electrons. The summed E-state index contributed by atoms with van der Waals surface area (Å²) in [6.07, 6.45) is 5.05. The van der Waals surface area contributed by atoms with E-state index in [1.165, 1.54) is 31.4 Å². The van der Waals surface area contributed by atoms with E-state index in [4.69, 9.17) is 14.2 Å². The van der Waals surface area contributed by atoms with Gasteiger partial charge in [-0.05, 0) is 73.1 Å². The Bertz CT molecular complexity index is 1350. The molecule has 40 heavy (non-hydrogen) atoms. The average Bonchev–Trinajstić information content (AvgIpc) is 3.64. The van der Waals surface area contributed by atoms with Gasteiger partial charge in [0, 0.05) is 5.56 Å². The summed E-state index contributed by atoms with van der Waals surface area (Å²) >= 11 is 0. The lowest BCUT2D eigenvalue weighted by atomic mass is 9.85. The standard InChI is InChI=1S/C31H31NO8/c1-17(2)13-24(32-28(34)26-19-7-8-20(14-19)27(26)29(32)35)31(37)39-16-25(33)18-9-11-22(12-10-18)40-30(36)21-5-4-6-23(15-21)38-3/h4-12,15,17,19-20,24,26-27H,13-14,16H2,1-3H3. The normalized spacial score (nSPS) is 23.4. The lowest BCUT2D eigenvalue weighted by molar-refractivity contribution is -0.159. The summed E-state index contributed by atoms with van der Waals surface area (Å²) in [5, 5.41) is 0. The Labute approximate surface area is 232 Å². The van der Waals surface area contributed by atoms with Crippen molar-refractivity contribution in [2.24, 2.45) is 29.6 Å². The number of fused-ring (bicyclic) bond motifs is 5. The van der Waals surface area contributed by atoms with E-state index in [0.717, 1.165) is 11.3 Å². The molecule has 3 aliphatic rings. The smallest absolute Gasteiger partial charge is 0.343 e. The van der Waals surface area contributed by atoms with Crippen LogP contribution in [0.4, 0.5) is 0 Å². The van der Waals surface area contributed by atoms with Gasteiger partial charge >= 0.3 is 11.9 Å². The van der Waals surface area contributed by atoms with Crippen LogP contribution in [0, 0.1) is 29.6 Å². The number of methoxy groups -OCH3 is 1. The largest absolute Gasteiger partial charge is 0.497 e. The second-order valence-electron chi connectivity index (χ2n) is 10.9. The van der Waals surface area contributed by atoms with Crippen LogP contribution in [0.5, 0.6) is 11.5 Å². The zero-order chi connectivity index (χ0) is 28.6. The Morgan fingerprint density at radius 1 is 0.900 bits per heavy atom. The quantitative estimate of drug-likeness (QED) is 0.145. The molecule has 9 heteroatoms. The number of amides is 2. The molecule has 5 unspecified atom stereocenters. The van der Waals surface area contributed by atoms with Gasteiger partial charge in [0.1, 0.15) is 17.5 Å². The van der Waals surface area contributed by atoms with E-state index in [1.54, 1.807) is 24.3 Å². The molecular weight excluding hydrogens is 514 g/mol. The number of benzene rings is 2. The molecule has 5 atom stereocenters. The molecule has 1 saturated heterocycles. The number of nitrogens with zero attached hydrogens (tertiary/aromatic N) is 1. The average molecular weight is 546 g/mol. The number of imide groups is 1. The number of likely N-dealkylation sites (tertiary alicyclic amines) is 1. The van der Waals surface area contributed by atoms with Crippen molar-refractivity contribution < 1.29 is 38.2 Å². The molecule has 2 aliphatic carbocycles. The molecule has 0 spiro atoms. The minimum absolute atomic E-state index is 0.0105. The van der Waals surface area contributed by atoms with Crippen LogP contribution >= 0.6 is 0 Å². The summed E-state index contributed by atoms with van der Waals surface area (Å²) in [7, 11) is 1.50. The van der Waals surface area contributed by atoms with Crippen molar-refractivity contribution in [3.8, 4) is 11.5 Å². The van der Waals surface area contributed by atoms with Crippen molar-refractivity contribution in [1.29, 1.82) is 0 Å². The maximum absolute atomic E-state index is 13.3. The first-order valence-corrected chi connectivity index (χ1v) is 13.4. The molecule has 0 radical (unpaired) electrons. The van der Waals surface area contributed by atoms with Crippen LogP contribution < -0.4 is 9.47 Å². The number of esters is 2. The van der Waals surface area contributed by atoms with Gasteiger partial charge in [-0.25, -0.2) is 9.59 Å². The Morgan fingerprint density at radius 3 is 2.15 bits per heavy atom. The van der Waals surface area contributed by atoms with Crippen molar-refractivity contribution >= 4 is 29.5 Å². The number of hydrogen-bond donors (Lipinski definition) is 0. The summed E-state index contributed by atoms with van der Waals surface area (Å²) in [4.78, 5) is 65.9. The topological polar surface area (TPSA) is 116 Å². The molecule has 0 N–H and O–H groups in total. The zero-order valence-electron chi connectivity index (χ0n) is 22.6. The van der Waals surface area contributed by atoms with Crippen LogP contribution in [0.1, 0.15) is 47.4 Å². The van der Waals surface area contributed by atoms with E-state index in [-0.39, 0.29) is 47.3 Å². The van der Waals surface area contributed by atoms with Crippen molar-refractivity contribution in [1.82, 2.24) is 4.90 Å². The number of allylic oxidation sites excluding steroid dienone is 2. The first-order chi connectivity index (χ1) is 19.2. The Balaban J connectivity index is 1.20. The Kier molecular flexibility index (Phi) is 7.56. The van der Waals surface area contributed by atoms with Crippen LogP contribution in [-0.4, -0.2) is 54.2 Å². The number of ketones is 1. The number of carbonyl (C=O) groups excluding carboxylic acids is 5. The maximum atomic E-state index is 13.3. The molecule has 1 aliphatic heterocycles. The highest BCUT2D eigenvalue weighted by Crippen LogP contribution is 2.53. The molecular formula is C31H31NO8. The fourth-order valence-corrected chi connectivity index (χ4v) is 5.93. The highest BCUT2D eigenvalue weighted by molar-refractivity contribution is 6.09. The van der Waals surface area contributed by atoms with Crippen molar-refractivity contribution in [2.75, 3.05) is 13.7 Å². The minimum atomic E-state index is -1.07. The van der Waals surface area contributed by atoms with Crippen molar-refractivity contribution in [2.45, 2.75) is 32.7 Å². The van der Waals surface area contributed by atoms with Crippen LogP contribution in [0.25, 0.3) is 0 Å². The molecule has 1 saturated carbocycles. The highest BCUT2D eigenvalue weighted by atomic mass is 16.5. The Morgan fingerprint density at radius 2 is 1.55 bits per heavy atom. The third kappa shape index (κ3) is 5.15. The van der Waals surface area contributed by atoms with Gasteiger partial charge in [0.25, 0.3) is 0 Å². The molecule has 2 aromatic rings. The third-order valence-electron chi connectivity index (χ3n) is 7.82. The summed E-state index contributed by atoms with van der Waals surface area (Å²) in [6, 6.07) is 11.3. The van der Waals surface area contributed by atoms with Crippen LogP contribution in [0.2, 0.25) is 0 Å².